The van der Waals surface area contributed by atoms with Crippen molar-refractivity contribution in [2.75, 3.05) is 0 Å². The fraction of sp³-hybridized carbons (Fsp3) is 0.357. The third-order valence-corrected chi connectivity index (χ3v) is 5.32. The number of hydrogen-bond acceptors (Lipinski definition) is 0. The average Bonchev–Trinajstić information content (AvgIpc) is 3.29. The van der Waals surface area contributed by atoms with Crippen LogP contribution < -0.4 is 0 Å². The summed E-state index contributed by atoms with van der Waals surface area (Å²) in [5.74, 6) is 1.13. The maximum atomic E-state index is 3.43. The van der Waals surface area contributed by atoms with Gasteiger partial charge in [-0.25, -0.2) is 12.2 Å². The maximum Gasteiger partial charge on any atom is 4.00 e. The van der Waals surface area contributed by atoms with Gasteiger partial charge in [-0.2, -0.15) is 11.1 Å². The molecule has 0 spiro atoms. The van der Waals surface area contributed by atoms with E-state index in [1.165, 1.54) is 60.8 Å². The molecule has 0 radical (unpaired) electrons. The summed E-state index contributed by atoms with van der Waals surface area (Å²) in [6, 6.07) is 17.2. The second-order valence-corrected chi connectivity index (χ2v) is 7.27. The van der Waals surface area contributed by atoms with Gasteiger partial charge in [0, 0.05) is 0 Å². The molecule has 0 saturated carbocycles. The molecule has 2 aromatic rings. The summed E-state index contributed by atoms with van der Waals surface area (Å²) in [4.78, 5) is 0. The van der Waals surface area contributed by atoms with Crippen molar-refractivity contribution < 1.29 is 25.8 Å². The molecule has 4 rings (SSSR count). The van der Waals surface area contributed by atoms with Gasteiger partial charge < -0.3 is 14.9 Å². The molecule has 2 atom stereocenters. The van der Waals surface area contributed by atoms with Crippen molar-refractivity contribution >= 4 is 12.2 Å². The van der Waals surface area contributed by atoms with E-state index in [4.69, 9.17) is 0 Å². The first-order valence-corrected chi connectivity index (χ1v) is 10.2. The molecule has 0 aromatic heterocycles. The van der Waals surface area contributed by atoms with E-state index in [1.54, 1.807) is 0 Å². The Bertz CT molecular complexity index is 691. The monoisotopic (exact) mass is 552 g/mol. The van der Waals surface area contributed by atoms with Crippen LogP contribution in [0.2, 0.25) is 0 Å². The molecule has 0 fully saturated rings. The van der Waals surface area contributed by atoms with E-state index in [1.807, 2.05) is 0 Å². The van der Waals surface area contributed by atoms with Crippen molar-refractivity contribution in [2.45, 2.75) is 64.2 Å². The van der Waals surface area contributed by atoms with Gasteiger partial charge in [0.15, 0.2) is 0 Å². The van der Waals surface area contributed by atoms with Gasteiger partial charge in [-0.15, -0.1) is 23.3 Å². The number of unbranched alkanes of at least 4 members (excludes halogenated alkanes) is 2. The van der Waals surface area contributed by atoms with Crippen LogP contribution in [0.4, 0.5) is 0 Å². The summed E-state index contributed by atoms with van der Waals surface area (Å²) < 4.78 is 0. The Morgan fingerprint density at radius 1 is 0.655 bits per heavy atom. The van der Waals surface area contributed by atoms with Gasteiger partial charge in [0.05, 0.1) is 0 Å². The molecule has 152 valence electrons. The quantitative estimate of drug-likeness (QED) is 0.250. The molecule has 2 aliphatic rings. The second kappa shape index (κ2) is 14.7. The molecule has 0 N–H and O–H groups in total. The first-order chi connectivity index (χ1) is 12.8. The Morgan fingerprint density at radius 2 is 1.03 bits per heavy atom. The zero-order chi connectivity index (χ0) is 18.2. The van der Waals surface area contributed by atoms with Crippen molar-refractivity contribution in [3.05, 3.63) is 97.8 Å². The average molecular weight is 551 g/mol. The summed E-state index contributed by atoms with van der Waals surface area (Å²) in [6.45, 7) is 4.48. The van der Waals surface area contributed by atoms with Crippen molar-refractivity contribution in [2.24, 2.45) is 0 Å². The molecule has 0 bridgehead atoms. The Kier molecular flexibility index (Phi) is 14.1. The molecule has 1 heteroatoms. The molecular weight excluding hydrogens is 515 g/mol. The molecule has 29 heavy (non-hydrogen) atoms. The topological polar surface area (TPSA) is 0 Å². The number of benzene rings is 2. The van der Waals surface area contributed by atoms with Crippen molar-refractivity contribution in [3.63, 3.8) is 0 Å². The van der Waals surface area contributed by atoms with Gasteiger partial charge in [-0.05, 0) is 0 Å². The van der Waals surface area contributed by atoms with Gasteiger partial charge in [0.2, 0.25) is 0 Å². The van der Waals surface area contributed by atoms with Crippen LogP contribution in [0.3, 0.4) is 0 Å². The van der Waals surface area contributed by atoms with Crippen LogP contribution in [-0.4, -0.2) is 0 Å². The second-order valence-electron chi connectivity index (χ2n) is 7.27. The number of allylic oxidation sites excluding steroid dienone is 2. The summed E-state index contributed by atoms with van der Waals surface area (Å²) in [5.41, 5.74) is 5.67. The predicted molar refractivity (Wildman–Crippen MR) is 126 cm³/mol. The summed E-state index contributed by atoms with van der Waals surface area (Å²) >= 11 is 0. The van der Waals surface area contributed by atoms with Crippen LogP contribution in [0.25, 0.3) is 12.2 Å². The molecule has 0 aliphatic heterocycles. The Labute approximate surface area is 199 Å². The molecular formula is C28H36Hf. The summed E-state index contributed by atoms with van der Waals surface area (Å²) in [5, 5.41) is 0. The first kappa shape index (κ1) is 27.8. The van der Waals surface area contributed by atoms with E-state index < -0.39 is 0 Å². The van der Waals surface area contributed by atoms with Crippen LogP contribution in [0.15, 0.2) is 48.5 Å². The Balaban J connectivity index is 0.000000490. The minimum atomic E-state index is 0. The zero-order valence-electron chi connectivity index (χ0n) is 18.7. The van der Waals surface area contributed by atoms with Crippen LogP contribution in [0.1, 0.15) is 86.5 Å². The van der Waals surface area contributed by atoms with Crippen molar-refractivity contribution in [1.82, 2.24) is 0 Å². The van der Waals surface area contributed by atoms with Gasteiger partial charge in [0.1, 0.15) is 0 Å². The third-order valence-electron chi connectivity index (χ3n) is 5.32. The van der Waals surface area contributed by atoms with Crippen LogP contribution in [0.5, 0.6) is 0 Å². The zero-order valence-corrected chi connectivity index (χ0v) is 22.3. The minimum Gasteiger partial charge on any atom is -0.358 e. The van der Waals surface area contributed by atoms with Gasteiger partial charge in [-0.3, -0.25) is 12.2 Å². The van der Waals surface area contributed by atoms with Crippen molar-refractivity contribution in [1.29, 1.82) is 0 Å². The van der Waals surface area contributed by atoms with Crippen LogP contribution in [-0.2, 0) is 25.8 Å². The van der Waals surface area contributed by atoms with Gasteiger partial charge in [-0.1, -0.05) is 101 Å². The number of fused-ring (bicyclic) bond motifs is 2. The smallest absolute Gasteiger partial charge is 0.358 e. The molecule has 0 nitrogen and oxygen atoms in total. The predicted octanol–water partition coefficient (Wildman–Crippen LogP) is 8.48. The van der Waals surface area contributed by atoms with Crippen LogP contribution in [0, 0.1) is 27.0 Å². The fourth-order valence-corrected chi connectivity index (χ4v) is 3.77. The molecule has 0 heterocycles. The normalized spacial score (nSPS) is 17.0. The molecule has 2 aliphatic carbocycles. The van der Waals surface area contributed by atoms with E-state index in [-0.39, 0.29) is 40.7 Å². The largest absolute Gasteiger partial charge is 4.00 e. The van der Waals surface area contributed by atoms with E-state index >= 15 is 0 Å². The van der Waals surface area contributed by atoms with Crippen molar-refractivity contribution in [3.8, 4) is 0 Å². The van der Waals surface area contributed by atoms with Gasteiger partial charge >= 0.3 is 25.8 Å². The Hall–Kier alpha value is -1.21. The standard InChI is InChI=1S/2C13H15.2CH3.Hf/c2*1-2-3-6-11-9-10-12-7-4-5-8-13(11)12;;;/h2*4-5,7-8,10-11H,2-3,6H2,1H3;2*1H3;/q4*-1;+4. The fourth-order valence-electron chi connectivity index (χ4n) is 3.77. The first-order valence-electron chi connectivity index (χ1n) is 10.2. The maximum absolute atomic E-state index is 3.43. The molecule has 2 unspecified atom stereocenters. The van der Waals surface area contributed by atoms with E-state index in [0.717, 1.165) is 0 Å². The minimum absolute atomic E-state index is 0. The molecule has 0 saturated heterocycles. The molecule has 0 amide bonds. The van der Waals surface area contributed by atoms with E-state index in [0.29, 0.717) is 11.8 Å². The Morgan fingerprint density at radius 3 is 1.41 bits per heavy atom. The van der Waals surface area contributed by atoms with E-state index in [9.17, 15) is 0 Å². The summed E-state index contributed by atoms with van der Waals surface area (Å²) in [7, 11) is 0. The van der Waals surface area contributed by atoms with Crippen LogP contribution >= 0.6 is 0 Å². The molecule has 2 aromatic carbocycles. The number of hydrogen-bond donors (Lipinski definition) is 0. The summed E-state index contributed by atoms with van der Waals surface area (Å²) in [6.07, 6.45) is 18.8. The van der Waals surface area contributed by atoms with Gasteiger partial charge in [0.25, 0.3) is 0 Å². The van der Waals surface area contributed by atoms with E-state index in [2.05, 4.69) is 86.7 Å². The number of rotatable bonds is 6. The third kappa shape index (κ3) is 7.52. The SMILES string of the molecule is CCCCC1[C-]=Cc2ccccc21.CCCCC1[C-]=Cc2ccccc21.[CH3-].[CH3-].[Hf+4].